The van der Waals surface area contributed by atoms with Crippen LogP contribution in [0.1, 0.15) is 28.8 Å². The molecule has 1 aliphatic carbocycles. The van der Waals surface area contributed by atoms with E-state index < -0.39 is 15.8 Å². The predicted molar refractivity (Wildman–Crippen MR) is 123 cm³/mol. The lowest BCUT2D eigenvalue weighted by atomic mass is 9.94. The van der Waals surface area contributed by atoms with E-state index >= 15 is 4.39 Å². The number of nitrogens with two attached hydrogens (primary N) is 1. The lowest BCUT2D eigenvalue weighted by molar-refractivity contribution is 0.0946. The molecule has 3 aromatic rings. The van der Waals surface area contributed by atoms with E-state index in [1.54, 1.807) is 18.2 Å². The fourth-order valence-corrected chi connectivity index (χ4v) is 5.57. The summed E-state index contributed by atoms with van der Waals surface area (Å²) >= 11 is 0. The molecule has 0 bridgehead atoms. The van der Waals surface area contributed by atoms with Crippen LogP contribution in [-0.4, -0.2) is 43.2 Å². The summed E-state index contributed by atoms with van der Waals surface area (Å²) in [5.41, 5.74) is 9.77. The monoisotopic (exact) mass is 466 g/mol. The van der Waals surface area contributed by atoms with E-state index in [9.17, 15) is 13.2 Å². The van der Waals surface area contributed by atoms with Gasteiger partial charge in [0.2, 0.25) is 10.0 Å². The average molecular weight is 467 g/mol. The van der Waals surface area contributed by atoms with Crippen molar-refractivity contribution in [1.29, 1.82) is 0 Å². The van der Waals surface area contributed by atoms with Gasteiger partial charge in [-0.1, -0.05) is 18.2 Å². The Morgan fingerprint density at radius 1 is 1.06 bits per heavy atom. The van der Waals surface area contributed by atoms with Gasteiger partial charge < -0.3 is 11.1 Å². The number of benzene rings is 2. The van der Waals surface area contributed by atoms with Crippen molar-refractivity contribution in [2.24, 2.45) is 0 Å². The van der Waals surface area contributed by atoms with Gasteiger partial charge in [0.05, 0.1) is 4.90 Å². The number of halogens is 1. The van der Waals surface area contributed by atoms with Crippen LogP contribution in [-0.2, 0) is 16.4 Å². The number of sulfonamides is 1. The predicted octanol–water partition coefficient (Wildman–Crippen LogP) is 3.21. The van der Waals surface area contributed by atoms with Gasteiger partial charge in [0, 0.05) is 48.1 Å². The Morgan fingerprint density at radius 3 is 2.55 bits per heavy atom. The fraction of sp³-hybridized carbons (Fsp3) is 0.250. The third kappa shape index (κ3) is 3.87. The van der Waals surface area contributed by atoms with Crippen LogP contribution in [0.25, 0.3) is 22.3 Å². The summed E-state index contributed by atoms with van der Waals surface area (Å²) in [6, 6.07) is 11.1. The third-order valence-corrected chi connectivity index (χ3v) is 8.15. The van der Waals surface area contributed by atoms with E-state index in [1.165, 1.54) is 29.7 Å². The number of hydrogen-bond acceptors (Lipinski definition) is 5. The van der Waals surface area contributed by atoms with Gasteiger partial charge in [0.15, 0.2) is 0 Å². The maximum atomic E-state index is 15.1. The molecule has 0 spiro atoms. The van der Waals surface area contributed by atoms with E-state index in [0.717, 1.165) is 30.0 Å². The maximum absolute atomic E-state index is 15.1. The van der Waals surface area contributed by atoms with Crippen molar-refractivity contribution in [1.82, 2.24) is 14.6 Å². The molecule has 1 aliphatic heterocycles. The van der Waals surface area contributed by atoms with Crippen molar-refractivity contribution >= 4 is 21.7 Å². The Labute approximate surface area is 191 Å². The molecule has 3 N–H and O–H groups in total. The Morgan fingerprint density at radius 2 is 1.82 bits per heavy atom. The van der Waals surface area contributed by atoms with Gasteiger partial charge in [-0.25, -0.2) is 17.8 Å². The number of rotatable bonds is 5. The lowest BCUT2D eigenvalue weighted by Gasteiger charge is -2.18. The number of carbonyl (C=O) groups is 1. The molecule has 1 amide bonds. The Bertz CT molecular complexity index is 1390. The summed E-state index contributed by atoms with van der Waals surface area (Å²) in [5, 5.41) is 2.81. The number of nitrogens with one attached hydrogen (secondary N) is 1. The first kappa shape index (κ1) is 21.5. The molecule has 5 rings (SSSR count). The Balaban J connectivity index is 1.51. The summed E-state index contributed by atoms with van der Waals surface area (Å²) in [5.74, 6) is -0.475. The molecule has 33 heavy (non-hydrogen) atoms. The zero-order valence-electron chi connectivity index (χ0n) is 18.0. The highest BCUT2D eigenvalue weighted by Gasteiger charge is 2.35. The van der Waals surface area contributed by atoms with Crippen LogP contribution in [0.15, 0.2) is 53.6 Å². The molecule has 0 unspecified atom stereocenters. The lowest BCUT2D eigenvalue weighted by Crippen LogP contribution is -2.31. The maximum Gasteiger partial charge on any atom is 0.251 e. The van der Waals surface area contributed by atoms with Gasteiger partial charge in [-0.2, -0.15) is 4.31 Å². The number of fused-ring (bicyclic) bond motifs is 1. The van der Waals surface area contributed by atoms with Crippen molar-refractivity contribution in [2.45, 2.75) is 30.2 Å². The van der Waals surface area contributed by atoms with Crippen molar-refractivity contribution in [3.05, 3.63) is 65.6 Å². The summed E-state index contributed by atoms with van der Waals surface area (Å²) in [7, 11) is -2.22. The summed E-state index contributed by atoms with van der Waals surface area (Å²) in [4.78, 5) is 16.2. The van der Waals surface area contributed by atoms with Crippen molar-refractivity contribution in [2.75, 3.05) is 19.3 Å². The standard InChI is InChI=1S/C24H23FN4O3S/c1-29(17-3-4-17)33(31,32)18-5-7-19(22(25)12-18)16-11-21(23(26)28-13-16)14-2-6-20-15(10-14)8-9-27-24(20)30/h2,5-7,10-13,17H,3-4,8-9H2,1H3,(H2,26,28)(H,27,30). The molecular weight excluding hydrogens is 443 g/mol. The first-order chi connectivity index (χ1) is 15.8. The molecule has 2 aliphatic rings. The van der Waals surface area contributed by atoms with Crippen LogP contribution < -0.4 is 11.1 Å². The summed E-state index contributed by atoms with van der Waals surface area (Å²) in [6.07, 6.45) is 3.82. The molecule has 1 fully saturated rings. The number of nitrogen functional groups attached to an aromatic ring is 1. The normalized spacial score (nSPS) is 15.9. The van der Waals surface area contributed by atoms with E-state index in [-0.39, 0.29) is 28.2 Å². The second-order valence-electron chi connectivity index (χ2n) is 8.43. The van der Waals surface area contributed by atoms with Gasteiger partial charge >= 0.3 is 0 Å². The number of carbonyl (C=O) groups excluding carboxylic acids is 1. The van der Waals surface area contributed by atoms with E-state index in [2.05, 4.69) is 10.3 Å². The highest BCUT2D eigenvalue weighted by Crippen LogP contribution is 2.34. The van der Waals surface area contributed by atoms with Crippen LogP contribution in [0, 0.1) is 5.82 Å². The molecular formula is C24H23FN4O3S. The summed E-state index contributed by atoms with van der Waals surface area (Å²) in [6.45, 7) is 0.569. The first-order valence-corrected chi connectivity index (χ1v) is 12.1. The van der Waals surface area contributed by atoms with Crippen LogP contribution in [0.2, 0.25) is 0 Å². The van der Waals surface area contributed by atoms with E-state index in [4.69, 9.17) is 5.73 Å². The smallest absolute Gasteiger partial charge is 0.251 e. The first-order valence-electron chi connectivity index (χ1n) is 10.7. The second-order valence-corrected chi connectivity index (χ2v) is 10.4. The Kier molecular flexibility index (Phi) is 5.18. The van der Waals surface area contributed by atoms with Gasteiger partial charge in [0.25, 0.3) is 5.91 Å². The molecule has 1 aromatic heterocycles. The second kappa shape index (κ2) is 7.93. The van der Waals surface area contributed by atoms with Crippen LogP contribution in [0.4, 0.5) is 10.2 Å². The minimum Gasteiger partial charge on any atom is -0.383 e. The van der Waals surface area contributed by atoms with Crippen LogP contribution in [0.3, 0.4) is 0 Å². The highest BCUT2D eigenvalue weighted by atomic mass is 32.2. The van der Waals surface area contributed by atoms with Gasteiger partial charge in [0.1, 0.15) is 11.6 Å². The fourth-order valence-electron chi connectivity index (χ4n) is 4.14. The molecule has 2 heterocycles. The SMILES string of the molecule is CN(C1CC1)S(=O)(=O)c1ccc(-c2cnc(N)c(-c3ccc4c(c3)CCNC4=O)c2)c(F)c1. The van der Waals surface area contributed by atoms with Gasteiger partial charge in [-0.05, 0) is 54.7 Å². The van der Waals surface area contributed by atoms with Crippen molar-refractivity contribution in [3.8, 4) is 22.3 Å². The quantitative estimate of drug-likeness (QED) is 0.601. The number of anilines is 1. The topological polar surface area (TPSA) is 105 Å². The van der Waals surface area contributed by atoms with Crippen LogP contribution in [0.5, 0.6) is 0 Å². The minimum atomic E-state index is -3.74. The molecule has 170 valence electrons. The molecule has 0 radical (unpaired) electrons. The number of amides is 1. The Hall–Kier alpha value is -3.30. The average Bonchev–Trinajstić information content (AvgIpc) is 3.64. The molecule has 9 heteroatoms. The van der Waals surface area contributed by atoms with Crippen molar-refractivity contribution in [3.63, 3.8) is 0 Å². The zero-order valence-corrected chi connectivity index (χ0v) is 18.8. The molecule has 2 aromatic carbocycles. The molecule has 1 saturated carbocycles. The number of nitrogens with zero attached hydrogens (tertiary/aromatic N) is 2. The third-order valence-electron chi connectivity index (χ3n) is 6.25. The van der Waals surface area contributed by atoms with E-state index in [1.807, 2.05) is 6.07 Å². The van der Waals surface area contributed by atoms with Gasteiger partial charge in [-0.3, -0.25) is 4.79 Å². The number of pyridine rings is 1. The largest absolute Gasteiger partial charge is 0.383 e. The van der Waals surface area contributed by atoms with Crippen molar-refractivity contribution < 1.29 is 17.6 Å². The van der Waals surface area contributed by atoms with E-state index in [0.29, 0.717) is 29.7 Å². The number of hydrogen-bond donors (Lipinski definition) is 2. The molecule has 7 nitrogen and oxygen atoms in total. The minimum absolute atomic E-state index is 0.00992. The zero-order chi connectivity index (χ0) is 23.3. The van der Waals surface area contributed by atoms with Gasteiger partial charge in [-0.15, -0.1) is 0 Å². The summed E-state index contributed by atoms with van der Waals surface area (Å²) < 4.78 is 41.8. The highest BCUT2D eigenvalue weighted by molar-refractivity contribution is 7.89. The number of aromatic nitrogens is 1. The molecule has 0 saturated heterocycles. The molecule has 0 atom stereocenters. The van der Waals surface area contributed by atoms with Crippen LogP contribution >= 0.6 is 0 Å².